The third-order valence-electron chi connectivity index (χ3n) is 4.34. The number of aliphatic carboxylic acids is 1. The second kappa shape index (κ2) is 5.86. The molecule has 1 aliphatic heterocycles. The molecule has 0 saturated heterocycles. The van der Waals surface area contributed by atoms with Crippen LogP contribution in [0.25, 0.3) is 0 Å². The van der Waals surface area contributed by atoms with Gasteiger partial charge in [-0.3, -0.25) is 4.79 Å². The van der Waals surface area contributed by atoms with Gasteiger partial charge in [0.05, 0.1) is 12.5 Å². The summed E-state index contributed by atoms with van der Waals surface area (Å²) < 4.78 is 5.99. The highest BCUT2D eigenvalue weighted by atomic mass is 16.5. The minimum Gasteiger partial charge on any atom is -0.493 e. The number of hydrogen-bond acceptors (Lipinski definition) is 2. The maximum Gasteiger partial charge on any atom is 0.306 e. The minimum absolute atomic E-state index is 0.0451. The second-order valence-electron chi connectivity index (χ2n) is 6.09. The number of fused-ring (bicyclic) bond motifs is 1. The van der Waals surface area contributed by atoms with E-state index in [0.717, 1.165) is 29.7 Å². The number of hydrogen-bond donors (Lipinski definition) is 1. The standard InChI is InChI=1S/C17H24O3/c1-10(2)13-8-7-11(3)15-14(12(4)17(18)19)6-5-9-20-16(13)15/h7-8,10,12,14H,5-6,9H2,1-4H3,(H,18,19). The summed E-state index contributed by atoms with van der Waals surface area (Å²) in [7, 11) is 0. The number of carboxylic acids is 1. The smallest absolute Gasteiger partial charge is 0.306 e. The molecule has 2 unspecified atom stereocenters. The minimum atomic E-state index is -0.725. The van der Waals surface area contributed by atoms with Crippen LogP contribution < -0.4 is 4.74 Å². The first-order valence-corrected chi connectivity index (χ1v) is 7.42. The molecule has 1 aromatic carbocycles. The molecule has 0 radical (unpaired) electrons. The maximum absolute atomic E-state index is 11.4. The van der Waals surface area contributed by atoms with Gasteiger partial charge >= 0.3 is 5.97 Å². The molecule has 110 valence electrons. The molecule has 0 aliphatic carbocycles. The molecule has 20 heavy (non-hydrogen) atoms. The highest BCUT2D eigenvalue weighted by Crippen LogP contribution is 2.43. The van der Waals surface area contributed by atoms with Gasteiger partial charge in [-0.25, -0.2) is 0 Å². The molecular formula is C17H24O3. The molecule has 0 fully saturated rings. The predicted octanol–water partition coefficient (Wildman–Crippen LogP) is 4.10. The summed E-state index contributed by atoms with van der Waals surface area (Å²) in [6.07, 6.45) is 1.79. The van der Waals surface area contributed by atoms with Gasteiger partial charge in [0.2, 0.25) is 0 Å². The first-order chi connectivity index (χ1) is 9.43. The Labute approximate surface area is 121 Å². The first-order valence-electron chi connectivity index (χ1n) is 7.42. The Morgan fingerprint density at radius 3 is 2.65 bits per heavy atom. The van der Waals surface area contributed by atoms with Crippen LogP contribution in [0.15, 0.2) is 12.1 Å². The molecular weight excluding hydrogens is 252 g/mol. The van der Waals surface area contributed by atoms with Crippen molar-refractivity contribution in [2.45, 2.75) is 52.4 Å². The number of benzene rings is 1. The van der Waals surface area contributed by atoms with Crippen molar-refractivity contribution in [3.63, 3.8) is 0 Å². The maximum atomic E-state index is 11.4. The second-order valence-corrected chi connectivity index (χ2v) is 6.09. The summed E-state index contributed by atoms with van der Waals surface area (Å²) in [6, 6.07) is 4.22. The van der Waals surface area contributed by atoms with E-state index in [1.54, 1.807) is 0 Å². The van der Waals surface area contributed by atoms with Crippen LogP contribution in [0.3, 0.4) is 0 Å². The summed E-state index contributed by atoms with van der Waals surface area (Å²) in [4.78, 5) is 11.4. The van der Waals surface area contributed by atoms with Crippen LogP contribution in [0.4, 0.5) is 0 Å². The average molecular weight is 276 g/mol. The van der Waals surface area contributed by atoms with E-state index in [4.69, 9.17) is 4.74 Å². The van der Waals surface area contributed by atoms with Gasteiger partial charge in [-0.05, 0) is 36.8 Å². The van der Waals surface area contributed by atoms with Crippen LogP contribution in [0.2, 0.25) is 0 Å². The highest BCUT2D eigenvalue weighted by Gasteiger charge is 2.31. The Morgan fingerprint density at radius 2 is 2.05 bits per heavy atom. The Balaban J connectivity index is 2.58. The lowest BCUT2D eigenvalue weighted by Gasteiger charge is -2.25. The zero-order valence-corrected chi connectivity index (χ0v) is 12.8. The quantitative estimate of drug-likeness (QED) is 0.904. The molecule has 3 nitrogen and oxygen atoms in total. The summed E-state index contributed by atoms with van der Waals surface area (Å²) >= 11 is 0. The Kier molecular flexibility index (Phi) is 4.36. The molecule has 1 N–H and O–H groups in total. The lowest BCUT2D eigenvalue weighted by Crippen LogP contribution is -2.20. The molecule has 1 aromatic rings. The summed E-state index contributed by atoms with van der Waals surface area (Å²) in [5.74, 6) is 0.260. The normalized spacial score (nSPS) is 19.9. The van der Waals surface area contributed by atoms with E-state index in [0.29, 0.717) is 12.5 Å². The number of rotatable bonds is 3. The number of carbonyl (C=O) groups is 1. The molecule has 2 rings (SSSR count). The van der Waals surface area contributed by atoms with E-state index >= 15 is 0 Å². The summed E-state index contributed by atoms with van der Waals surface area (Å²) in [5.41, 5.74) is 3.45. The fraction of sp³-hybridized carbons (Fsp3) is 0.588. The lowest BCUT2D eigenvalue weighted by atomic mass is 9.80. The van der Waals surface area contributed by atoms with Gasteiger partial charge in [-0.2, -0.15) is 0 Å². The van der Waals surface area contributed by atoms with Crippen LogP contribution in [0, 0.1) is 12.8 Å². The third kappa shape index (κ3) is 2.67. The number of aryl methyl sites for hydroxylation is 1. The predicted molar refractivity (Wildman–Crippen MR) is 79.5 cm³/mol. The van der Waals surface area contributed by atoms with Gasteiger partial charge in [0.25, 0.3) is 0 Å². The van der Waals surface area contributed by atoms with Crippen molar-refractivity contribution in [2.75, 3.05) is 6.61 Å². The van der Waals surface area contributed by atoms with Gasteiger partial charge in [-0.15, -0.1) is 0 Å². The lowest BCUT2D eigenvalue weighted by molar-refractivity contribution is -0.141. The number of ether oxygens (including phenoxy) is 1. The molecule has 0 amide bonds. The fourth-order valence-corrected chi connectivity index (χ4v) is 3.09. The van der Waals surface area contributed by atoms with E-state index in [1.165, 1.54) is 5.56 Å². The Hall–Kier alpha value is -1.51. The van der Waals surface area contributed by atoms with Crippen molar-refractivity contribution in [3.8, 4) is 5.75 Å². The molecule has 1 heterocycles. The largest absolute Gasteiger partial charge is 0.493 e. The van der Waals surface area contributed by atoms with Crippen LogP contribution in [0.1, 0.15) is 62.1 Å². The first kappa shape index (κ1) is 14.9. The van der Waals surface area contributed by atoms with E-state index in [2.05, 4.69) is 32.9 Å². The molecule has 0 saturated carbocycles. The van der Waals surface area contributed by atoms with E-state index in [9.17, 15) is 9.90 Å². The van der Waals surface area contributed by atoms with Gasteiger partial charge < -0.3 is 9.84 Å². The van der Waals surface area contributed by atoms with E-state index in [-0.39, 0.29) is 11.8 Å². The SMILES string of the molecule is Cc1ccc(C(C)C)c2c1C(C(C)C(=O)O)CCCO2. The van der Waals surface area contributed by atoms with Crippen molar-refractivity contribution in [2.24, 2.45) is 5.92 Å². The average Bonchev–Trinajstić information content (AvgIpc) is 2.60. The number of carboxylic acid groups (broad SMARTS) is 1. The van der Waals surface area contributed by atoms with Crippen molar-refractivity contribution in [1.29, 1.82) is 0 Å². The van der Waals surface area contributed by atoms with Gasteiger partial charge in [0.15, 0.2) is 0 Å². The van der Waals surface area contributed by atoms with Crippen LogP contribution in [0.5, 0.6) is 5.75 Å². The van der Waals surface area contributed by atoms with Crippen molar-refractivity contribution < 1.29 is 14.6 Å². The van der Waals surface area contributed by atoms with Crippen LogP contribution >= 0.6 is 0 Å². The molecule has 0 spiro atoms. The Morgan fingerprint density at radius 1 is 1.35 bits per heavy atom. The molecule has 2 atom stereocenters. The fourth-order valence-electron chi connectivity index (χ4n) is 3.09. The molecule has 0 aromatic heterocycles. The van der Waals surface area contributed by atoms with E-state index < -0.39 is 5.97 Å². The summed E-state index contributed by atoms with van der Waals surface area (Å²) in [6.45, 7) is 8.84. The zero-order valence-electron chi connectivity index (χ0n) is 12.8. The van der Waals surface area contributed by atoms with Gasteiger partial charge in [0, 0.05) is 11.5 Å². The molecule has 3 heteroatoms. The van der Waals surface area contributed by atoms with Crippen molar-refractivity contribution >= 4 is 5.97 Å². The zero-order chi connectivity index (χ0) is 14.9. The monoisotopic (exact) mass is 276 g/mol. The molecule has 0 bridgehead atoms. The Bertz CT molecular complexity index is 505. The van der Waals surface area contributed by atoms with Gasteiger partial charge in [-0.1, -0.05) is 32.9 Å². The highest BCUT2D eigenvalue weighted by molar-refractivity contribution is 5.71. The van der Waals surface area contributed by atoms with Crippen molar-refractivity contribution in [1.82, 2.24) is 0 Å². The van der Waals surface area contributed by atoms with Crippen molar-refractivity contribution in [3.05, 3.63) is 28.8 Å². The molecule has 1 aliphatic rings. The summed E-state index contributed by atoms with van der Waals surface area (Å²) in [5, 5.41) is 9.38. The third-order valence-corrected chi connectivity index (χ3v) is 4.34. The topological polar surface area (TPSA) is 46.5 Å². The van der Waals surface area contributed by atoms with Crippen LogP contribution in [-0.2, 0) is 4.79 Å². The van der Waals surface area contributed by atoms with Crippen LogP contribution in [-0.4, -0.2) is 17.7 Å². The van der Waals surface area contributed by atoms with Gasteiger partial charge in [0.1, 0.15) is 5.75 Å². The van der Waals surface area contributed by atoms with E-state index in [1.807, 2.05) is 6.92 Å².